The van der Waals surface area contributed by atoms with Gasteiger partial charge in [0.05, 0.1) is 33.3 Å². The third-order valence-corrected chi connectivity index (χ3v) is 2.27. The van der Waals surface area contributed by atoms with Crippen molar-refractivity contribution in [2.45, 2.75) is 0 Å². The molecule has 0 N–H and O–H groups in total. The smallest absolute Gasteiger partial charge is 0.162 e. The number of ether oxygens (including phenoxy) is 2. The number of fused-ring (bicyclic) bond motifs is 1. The highest BCUT2D eigenvalue weighted by atomic mass is 79.9. The Labute approximate surface area is 110 Å². The van der Waals surface area contributed by atoms with Crippen molar-refractivity contribution >= 4 is 26.8 Å². The van der Waals surface area contributed by atoms with Gasteiger partial charge in [-0.2, -0.15) is 0 Å². The van der Waals surface area contributed by atoms with E-state index in [0.29, 0.717) is 0 Å². The Kier molecular flexibility index (Phi) is 0.983. The van der Waals surface area contributed by atoms with Crippen LogP contribution in [-0.4, -0.2) is 19.1 Å². The molecule has 1 aromatic heterocycles. The zero-order chi connectivity index (χ0) is 19.3. The van der Waals surface area contributed by atoms with Crippen molar-refractivity contribution in [1.29, 1.82) is 0 Å². The van der Waals surface area contributed by atoms with E-state index < -0.39 is 43.8 Å². The fourth-order valence-electron chi connectivity index (χ4n) is 1.04. The molecule has 2 aromatic rings. The summed E-state index contributed by atoms with van der Waals surface area (Å²) in [6, 6.07) is -1.69. The van der Waals surface area contributed by atoms with Crippen molar-refractivity contribution in [3.05, 3.63) is 28.8 Å². The molecule has 0 amide bonds. The molecule has 0 fully saturated rings. The minimum absolute atomic E-state index is 0.0724. The molecule has 1 heterocycles. The Balaban J connectivity index is 2.95. The van der Waals surface area contributed by atoms with Gasteiger partial charge in [-0.1, -0.05) is 15.9 Å². The maximum atomic E-state index is 8.14. The van der Waals surface area contributed by atoms with Gasteiger partial charge in [0.1, 0.15) is 0 Å². The molecule has 0 unspecified atom stereocenters. The van der Waals surface area contributed by atoms with Crippen LogP contribution in [0.1, 0.15) is 13.7 Å². The van der Waals surface area contributed by atoms with Gasteiger partial charge in [-0.05, 0) is 12.1 Å². The number of hydrogen-bond donors (Lipinski definition) is 0. The van der Waals surface area contributed by atoms with Crippen LogP contribution >= 0.6 is 15.9 Å². The van der Waals surface area contributed by atoms with E-state index in [2.05, 4.69) is 30.4 Å². The topological polar surface area (TPSA) is 31.4 Å². The lowest BCUT2D eigenvalue weighted by Crippen LogP contribution is -1.91. The van der Waals surface area contributed by atoms with E-state index in [-0.39, 0.29) is 21.4 Å². The monoisotopic (exact) mass is 277 g/mol. The van der Waals surface area contributed by atoms with Gasteiger partial charge < -0.3 is 9.47 Å². The normalized spacial score (nSPS) is 21.7. The Morgan fingerprint density at radius 3 is 2.80 bits per heavy atom. The predicted molar refractivity (Wildman–Crippen MR) is 62.5 cm³/mol. The molecule has 1 aromatic carbocycles. The molecule has 0 aliphatic heterocycles. The van der Waals surface area contributed by atoms with Crippen molar-refractivity contribution in [1.82, 2.24) is 4.98 Å². The second-order valence-corrected chi connectivity index (χ2v) is 3.29. The second-order valence-electron chi connectivity index (χ2n) is 2.50. The van der Waals surface area contributed by atoms with Crippen LogP contribution < -0.4 is 9.47 Å². The van der Waals surface area contributed by atoms with Crippen LogP contribution in [0, 0.1) is 0 Å². The standard InChI is InChI=1S/C11H10BrNO2/c1-14-10-5-7-8(12)3-4-13-9(7)6-11(10)15-2/h3-6H,1-2H3/i1D3,2D3,3D,4D,5D,6D. The summed E-state index contributed by atoms with van der Waals surface area (Å²) in [5.41, 5.74) is -0.296. The van der Waals surface area contributed by atoms with E-state index in [0.717, 1.165) is 0 Å². The first-order valence-corrected chi connectivity index (χ1v) is 4.50. The summed E-state index contributed by atoms with van der Waals surface area (Å²) in [5, 5.41) is -0.164. The van der Waals surface area contributed by atoms with E-state index in [1.165, 1.54) is 0 Å². The minimum Gasteiger partial charge on any atom is -0.493 e. The van der Waals surface area contributed by atoms with Crippen LogP contribution in [0.5, 0.6) is 11.5 Å². The lowest BCUT2D eigenvalue weighted by molar-refractivity contribution is 0.356. The highest BCUT2D eigenvalue weighted by molar-refractivity contribution is 9.10. The first kappa shape index (κ1) is 3.63. The quantitative estimate of drug-likeness (QED) is 0.846. The molecule has 78 valence electrons. The number of rotatable bonds is 2. The van der Waals surface area contributed by atoms with Gasteiger partial charge >= 0.3 is 0 Å². The average molecular weight is 278 g/mol. The summed E-state index contributed by atoms with van der Waals surface area (Å²) in [4.78, 5) is 3.71. The number of hydrogen-bond acceptors (Lipinski definition) is 3. The summed E-state index contributed by atoms with van der Waals surface area (Å²) in [7, 11) is -6.08. The second kappa shape index (κ2) is 4.06. The van der Waals surface area contributed by atoms with Crippen molar-refractivity contribution in [2.24, 2.45) is 0 Å². The summed E-state index contributed by atoms with van der Waals surface area (Å²) in [6.07, 6.45) is -0.517. The first-order chi connectivity index (χ1) is 11.2. The lowest BCUT2D eigenvalue weighted by atomic mass is 10.2. The molecule has 0 saturated heterocycles. The number of halogens is 1. The maximum absolute atomic E-state index is 8.14. The molecule has 0 aliphatic carbocycles. The molecule has 15 heavy (non-hydrogen) atoms. The molecular formula is C11H10BrNO2. The van der Waals surface area contributed by atoms with Crippen molar-refractivity contribution in [3.8, 4) is 11.5 Å². The molecule has 0 saturated carbocycles. The molecule has 3 nitrogen and oxygen atoms in total. The zero-order valence-electron chi connectivity index (χ0n) is 17.1. The van der Waals surface area contributed by atoms with Crippen LogP contribution in [0.2, 0.25) is 0 Å². The summed E-state index contributed by atoms with van der Waals surface area (Å²) in [5.74, 6) is -1.58. The fourth-order valence-corrected chi connectivity index (χ4v) is 1.41. The molecule has 0 radical (unpaired) electrons. The zero-order valence-corrected chi connectivity index (χ0v) is 8.73. The largest absolute Gasteiger partial charge is 0.493 e. The fraction of sp³-hybridized carbons (Fsp3) is 0.182. The van der Waals surface area contributed by atoms with Gasteiger partial charge in [-0.15, -0.1) is 0 Å². The number of aromatic nitrogens is 1. The third kappa shape index (κ3) is 1.77. The SMILES string of the molecule is [2H]c1nc2c([2H])c(OC([2H])([2H])[2H])c(OC([2H])([2H])[2H])c([2H])c2c(Br)c1[2H]. The van der Waals surface area contributed by atoms with Crippen LogP contribution in [0.4, 0.5) is 0 Å². The van der Waals surface area contributed by atoms with Gasteiger partial charge in [-0.25, -0.2) is 0 Å². The van der Waals surface area contributed by atoms with E-state index >= 15 is 0 Å². The lowest BCUT2D eigenvalue weighted by Gasteiger charge is -2.09. The molecule has 0 atom stereocenters. The number of benzene rings is 1. The average Bonchev–Trinajstić information content (AvgIpc) is 2.43. The van der Waals surface area contributed by atoms with Crippen LogP contribution in [-0.2, 0) is 0 Å². The highest BCUT2D eigenvalue weighted by Crippen LogP contribution is 2.33. The predicted octanol–water partition coefficient (Wildman–Crippen LogP) is 3.01. The number of pyridine rings is 1. The Hall–Kier alpha value is -1.29. The van der Waals surface area contributed by atoms with E-state index in [1.807, 2.05) is 0 Å². The summed E-state index contributed by atoms with van der Waals surface area (Å²) >= 11 is 3.02. The van der Waals surface area contributed by atoms with Crippen molar-refractivity contribution < 1.29 is 23.2 Å². The first-order valence-electron chi connectivity index (χ1n) is 8.70. The molecule has 0 spiro atoms. The highest BCUT2D eigenvalue weighted by Gasteiger charge is 2.08. The van der Waals surface area contributed by atoms with Crippen molar-refractivity contribution in [2.75, 3.05) is 14.1 Å². The van der Waals surface area contributed by atoms with E-state index in [1.54, 1.807) is 0 Å². The molecule has 0 aliphatic rings. The Bertz CT molecular complexity index is 848. The Morgan fingerprint density at radius 2 is 2.07 bits per heavy atom. The molecule has 0 bridgehead atoms. The van der Waals surface area contributed by atoms with E-state index in [4.69, 9.17) is 13.7 Å². The van der Waals surface area contributed by atoms with Gasteiger partial charge in [0, 0.05) is 22.1 Å². The van der Waals surface area contributed by atoms with Crippen LogP contribution in [0.3, 0.4) is 0 Å². The third-order valence-electron chi connectivity index (χ3n) is 1.67. The Morgan fingerprint density at radius 1 is 1.33 bits per heavy atom. The van der Waals surface area contributed by atoms with Gasteiger partial charge in [-0.3, -0.25) is 4.98 Å². The summed E-state index contributed by atoms with van der Waals surface area (Å²) < 4.78 is 83.9. The number of nitrogens with zero attached hydrogens (tertiary/aromatic N) is 1. The minimum atomic E-state index is -3.04. The van der Waals surface area contributed by atoms with Gasteiger partial charge in [0.15, 0.2) is 11.5 Å². The summed E-state index contributed by atoms with van der Waals surface area (Å²) in [6.45, 7) is 0. The maximum Gasteiger partial charge on any atom is 0.162 e. The van der Waals surface area contributed by atoms with Gasteiger partial charge in [0.25, 0.3) is 0 Å². The number of methoxy groups -OCH3 is 2. The molecule has 2 rings (SSSR count). The van der Waals surface area contributed by atoms with Gasteiger partial charge in [0.2, 0.25) is 0 Å². The van der Waals surface area contributed by atoms with Crippen LogP contribution in [0.25, 0.3) is 10.9 Å². The molecular weight excluding hydrogens is 258 g/mol. The van der Waals surface area contributed by atoms with E-state index in [9.17, 15) is 0 Å². The van der Waals surface area contributed by atoms with Crippen LogP contribution in [0.15, 0.2) is 28.8 Å². The van der Waals surface area contributed by atoms with Crippen molar-refractivity contribution in [3.63, 3.8) is 0 Å². The molecule has 4 heteroatoms.